The van der Waals surface area contributed by atoms with Gasteiger partial charge in [-0.2, -0.15) is 0 Å². The van der Waals surface area contributed by atoms with Crippen LogP contribution in [0.25, 0.3) is 0 Å². The van der Waals surface area contributed by atoms with Crippen LogP contribution in [-0.4, -0.2) is 73.4 Å². The number of amides is 1. The first-order valence-electron chi connectivity index (χ1n) is 22.9. The number of hydrogen-bond acceptors (Lipinski definition) is 5. The molecule has 60 heavy (non-hydrogen) atoms. The minimum Gasteiger partial charge on any atom is -0.391 e. The Hall–Kier alpha value is -3.10. The quantitative estimate of drug-likeness (QED) is 0.0246. The molecule has 9 heteroatoms. The number of carbonyl (C=O) groups is 1. The van der Waals surface area contributed by atoms with E-state index in [-0.39, 0.29) is 19.1 Å². The molecule has 8 nitrogen and oxygen atoms in total. The van der Waals surface area contributed by atoms with Gasteiger partial charge in [-0.3, -0.25) is 13.8 Å². The molecule has 0 aromatic heterocycles. The molecule has 0 aliphatic carbocycles. The van der Waals surface area contributed by atoms with E-state index in [2.05, 4.69) is 141 Å². The Morgan fingerprint density at radius 3 is 1.42 bits per heavy atom. The topological polar surface area (TPSA) is 105 Å². The number of hydrogen-bond donors (Lipinski definition) is 3. The van der Waals surface area contributed by atoms with E-state index in [0.717, 1.165) is 116 Å². The first kappa shape index (κ1) is 56.9. The number of phosphoric acid groups is 1. The van der Waals surface area contributed by atoms with Crippen molar-refractivity contribution >= 4 is 13.7 Å². The van der Waals surface area contributed by atoms with E-state index in [1.807, 2.05) is 21.1 Å². The number of nitrogens with one attached hydrogen (secondary N) is 1. The lowest BCUT2D eigenvalue weighted by Gasteiger charge is -2.26. The summed E-state index contributed by atoms with van der Waals surface area (Å²) in [5.41, 5.74) is 0. The summed E-state index contributed by atoms with van der Waals surface area (Å²) >= 11 is 0. The van der Waals surface area contributed by atoms with Crippen molar-refractivity contribution in [3.63, 3.8) is 0 Å². The third-order valence-electron chi connectivity index (χ3n) is 9.22. The molecule has 0 heterocycles. The van der Waals surface area contributed by atoms with Crippen LogP contribution in [0.15, 0.2) is 122 Å². The van der Waals surface area contributed by atoms with Crippen molar-refractivity contribution in [1.29, 1.82) is 0 Å². The molecule has 0 aliphatic heterocycles. The van der Waals surface area contributed by atoms with Crippen LogP contribution in [0.2, 0.25) is 0 Å². The van der Waals surface area contributed by atoms with Crippen molar-refractivity contribution in [2.45, 2.75) is 154 Å². The maximum Gasteiger partial charge on any atom is 0.472 e. The molecular weight excluding hydrogens is 768 g/mol. The first-order chi connectivity index (χ1) is 29.0. The molecule has 3 atom stereocenters. The fourth-order valence-corrected chi connectivity index (χ4v) is 6.34. The second-order valence-electron chi connectivity index (χ2n) is 16.0. The SMILES string of the molecule is CC/C=C\C/C=C\C/C=C\C/C=C\C/C=C\C/C=C\C/C=C\C/C=C\C/C=C\C/C=C\CCCCCCC(=O)NC(COP(=O)(O)OCC[N+](C)(C)C)C(O)CCCCC. The van der Waals surface area contributed by atoms with E-state index in [1.54, 1.807) is 0 Å². The van der Waals surface area contributed by atoms with Gasteiger partial charge in [0.05, 0.1) is 39.9 Å². The van der Waals surface area contributed by atoms with Crippen LogP contribution < -0.4 is 5.32 Å². The number of aliphatic hydroxyl groups excluding tert-OH is 1. The third-order valence-corrected chi connectivity index (χ3v) is 10.2. The predicted octanol–water partition coefficient (Wildman–Crippen LogP) is 13.1. The Labute approximate surface area is 367 Å². The molecule has 0 radical (unpaired) electrons. The molecule has 340 valence electrons. The van der Waals surface area contributed by atoms with Crippen molar-refractivity contribution in [1.82, 2.24) is 5.32 Å². The minimum atomic E-state index is -4.31. The lowest BCUT2D eigenvalue weighted by Crippen LogP contribution is -2.46. The highest BCUT2D eigenvalue weighted by atomic mass is 31.2. The van der Waals surface area contributed by atoms with Crippen LogP contribution in [0.1, 0.15) is 142 Å². The summed E-state index contributed by atoms with van der Waals surface area (Å²) < 4.78 is 23.3. The van der Waals surface area contributed by atoms with Crippen LogP contribution in [-0.2, 0) is 18.4 Å². The molecule has 0 aromatic rings. The monoisotopic (exact) mass is 854 g/mol. The number of carbonyl (C=O) groups excluding carboxylic acids is 1. The van der Waals surface area contributed by atoms with Gasteiger partial charge in [0.2, 0.25) is 5.91 Å². The molecule has 0 spiro atoms. The maximum atomic E-state index is 12.7. The Morgan fingerprint density at radius 2 is 1.00 bits per heavy atom. The normalized spacial score (nSPS) is 15.4. The Bertz CT molecular complexity index is 1380. The van der Waals surface area contributed by atoms with Crippen LogP contribution in [0.3, 0.4) is 0 Å². The summed E-state index contributed by atoms with van der Waals surface area (Å²) in [5, 5.41) is 13.6. The molecule has 0 aromatic carbocycles. The standard InChI is InChI=1S/C51H85N2O6P/c1-6-8-10-11-12-13-14-15-16-17-18-19-20-21-22-23-24-25-26-27-28-29-30-31-32-33-34-35-36-37-38-39-40-41-43-45-51(55)52-49(50(54)44-42-9-7-2)48-59-60(56,57)58-47-46-53(3,4)5/h8,10,12-13,15-16,18-19,21-22,24-25,27-28,30-31,33-34,36-37,49-50,54H,6-7,9,11,14,17,20,23,26,29,32,35,38-48H2,1-5H3,(H-,52,55,56,57)/p+1/b10-8-,13-12-,16-15-,19-18-,22-21-,25-24-,28-27-,31-30-,34-33-,37-36-. The molecule has 0 rings (SSSR count). The number of rotatable bonds is 39. The predicted molar refractivity (Wildman–Crippen MR) is 258 cm³/mol. The lowest BCUT2D eigenvalue weighted by molar-refractivity contribution is -0.870. The summed E-state index contributed by atoms with van der Waals surface area (Å²) in [6.45, 7) is 4.54. The Morgan fingerprint density at radius 1 is 0.583 bits per heavy atom. The van der Waals surface area contributed by atoms with Gasteiger partial charge in [-0.25, -0.2) is 4.57 Å². The number of unbranched alkanes of at least 4 members (excludes halogenated alkanes) is 6. The summed E-state index contributed by atoms with van der Waals surface area (Å²) in [5.74, 6) is -0.188. The maximum absolute atomic E-state index is 12.7. The lowest BCUT2D eigenvalue weighted by atomic mass is 10.0. The molecule has 0 saturated carbocycles. The highest BCUT2D eigenvalue weighted by molar-refractivity contribution is 7.47. The fourth-order valence-electron chi connectivity index (χ4n) is 5.60. The molecule has 0 fully saturated rings. The number of aliphatic hydroxyl groups is 1. The van der Waals surface area contributed by atoms with Gasteiger partial charge in [-0.15, -0.1) is 0 Å². The third kappa shape index (κ3) is 43.0. The fraction of sp³-hybridized carbons (Fsp3) is 0.588. The van der Waals surface area contributed by atoms with Crippen LogP contribution in [0.4, 0.5) is 0 Å². The van der Waals surface area contributed by atoms with E-state index in [1.165, 1.54) is 0 Å². The highest BCUT2D eigenvalue weighted by Gasteiger charge is 2.28. The number of nitrogens with zero attached hydrogens (tertiary/aromatic N) is 1. The smallest absolute Gasteiger partial charge is 0.391 e. The Balaban J connectivity index is 4.01. The van der Waals surface area contributed by atoms with Crippen LogP contribution >= 0.6 is 7.82 Å². The second kappa shape index (κ2) is 41.3. The van der Waals surface area contributed by atoms with E-state index in [9.17, 15) is 19.4 Å². The second-order valence-corrected chi connectivity index (χ2v) is 17.5. The Kier molecular flexibility index (Phi) is 39.1. The number of quaternary nitrogens is 1. The minimum absolute atomic E-state index is 0.0603. The van der Waals surface area contributed by atoms with Gasteiger partial charge in [0, 0.05) is 6.42 Å². The number of allylic oxidation sites excluding steroid dienone is 20. The summed E-state index contributed by atoms with van der Waals surface area (Å²) in [6.07, 6.45) is 61.9. The van der Waals surface area contributed by atoms with E-state index >= 15 is 0 Å². The van der Waals surface area contributed by atoms with Gasteiger partial charge in [0.15, 0.2) is 0 Å². The number of phosphoric ester groups is 1. The number of likely N-dealkylation sites (N-methyl/N-ethyl adjacent to an activating group) is 1. The van der Waals surface area contributed by atoms with E-state index in [4.69, 9.17) is 9.05 Å². The van der Waals surface area contributed by atoms with Gasteiger partial charge < -0.3 is 19.8 Å². The van der Waals surface area contributed by atoms with Gasteiger partial charge in [0.1, 0.15) is 13.2 Å². The van der Waals surface area contributed by atoms with Gasteiger partial charge in [-0.1, -0.05) is 167 Å². The molecule has 3 unspecified atom stereocenters. The van der Waals surface area contributed by atoms with E-state index in [0.29, 0.717) is 23.9 Å². The van der Waals surface area contributed by atoms with Gasteiger partial charge in [0.25, 0.3) is 0 Å². The van der Waals surface area contributed by atoms with Crippen molar-refractivity contribution in [3.05, 3.63) is 122 Å². The van der Waals surface area contributed by atoms with Gasteiger partial charge in [-0.05, 0) is 89.9 Å². The molecule has 0 aliphatic rings. The van der Waals surface area contributed by atoms with Gasteiger partial charge >= 0.3 is 7.82 Å². The van der Waals surface area contributed by atoms with Crippen LogP contribution in [0, 0.1) is 0 Å². The largest absolute Gasteiger partial charge is 0.472 e. The molecular formula is C51H86N2O6P+. The summed E-state index contributed by atoms with van der Waals surface area (Å²) in [6, 6.07) is -0.778. The van der Waals surface area contributed by atoms with Crippen molar-refractivity contribution in [3.8, 4) is 0 Å². The molecule has 0 saturated heterocycles. The zero-order valence-corrected chi connectivity index (χ0v) is 39.3. The molecule has 3 N–H and O–H groups in total. The summed E-state index contributed by atoms with van der Waals surface area (Å²) in [4.78, 5) is 22.8. The van der Waals surface area contributed by atoms with Crippen LogP contribution in [0.5, 0.6) is 0 Å². The molecule has 1 amide bonds. The zero-order chi connectivity index (χ0) is 44.3. The van der Waals surface area contributed by atoms with Crippen molar-refractivity contribution in [2.24, 2.45) is 0 Å². The average Bonchev–Trinajstić information content (AvgIpc) is 3.20. The average molecular weight is 854 g/mol. The first-order valence-corrected chi connectivity index (χ1v) is 24.4. The zero-order valence-electron chi connectivity index (χ0n) is 38.4. The highest BCUT2D eigenvalue weighted by Crippen LogP contribution is 2.43. The molecule has 0 bridgehead atoms. The van der Waals surface area contributed by atoms with E-state index < -0.39 is 20.0 Å². The summed E-state index contributed by atoms with van der Waals surface area (Å²) in [7, 11) is 1.56. The van der Waals surface area contributed by atoms with Crippen molar-refractivity contribution in [2.75, 3.05) is 40.9 Å². The van der Waals surface area contributed by atoms with Crippen molar-refractivity contribution < 1.29 is 32.9 Å².